The van der Waals surface area contributed by atoms with E-state index in [0.29, 0.717) is 16.9 Å². The van der Waals surface area contributed by atoms with E-state index in [1.54, 1.807) is 12.1 Å². The van der Waals surface area contributed by atoms with E-state index in [1.807, 2.05) is 30.3 Å². The van der Waals surface area contributed by atoms with Crippen molar-refractivity contribution in [2.45, 2.75) is 0 Å². The molecule has 142 valence electrons. The van der Waals surface area contributed by atoms with Crippen molar-refractivity contribution in [2.24, 2.45) is 5.10 Å². The number of carbonyl (C=O) groups is 1. The molecule has 0 saturated carbocycles. The number of rotatable bonds is 6. The van der Waals surface area contributed by atoms with Crippen molar-refractivity contribution >= 4 is 28.6 Å². The van der Waals surface area contributed by atoms with E-state index in [0.717, 1.165) is 10.8 Å². The average molecular weight is 379 g/mol. The number of nitrogens with zero attached hydrogens (tertiary/aromatic N) is 2. The topological polar surface area (TPSA) is 103 Å². The highest BCUT2D eigenvalue weighted by Crippen LogP contribution is 2.33. The number of hydrogen-bond donors (Lipinski definition) is 1. The van der Waals surface area contributed by atoms with Gasteiger partial charge in [-0.2, -0.15) is 5.10 Å². The van der Waals surface area contributed by atoms with Crippen LogP contribution in [0, 0.1) is 10.1 Å². The summed E-state index contributed by atoms with van der Waals surface area (Å²) in [4.78, 5) is 22.9. The Balaban J connectivity index is 1.82. The van der Waals surface area contributed by atoms with Crippen molar-refractivity contribution < 1.29 is 19.2 Å². The number of amides is 1. The number of hydrazone groups is 1. The van der Waals surface area contributed by atoms with E-state index in [-0.39, 0.29) is 11.4 Å². The molecule has 8 heteroatoms. The van der Waals surface area contributed by atoms with E-state index in [1.165, 1.54) is 32.6 Å². The van der Waals surface area contributed by atoms with Crippen LogP contribution in [0.4, 0.5) is 5.69 Å². The normalized spacial score (nSPS) is 10.8. The lowest BCUT2D eigenvalue weighted by Gasteiger charge is -2.08. The minimum atomic E-state index is -0.566. The first-order valence-electron chi connectivity index (χ1n) is 8.26. The summed E-state index contributed by atoms with van der Waals surface area (Å²) in [6.45, 7) is 0. The molecular weight excluding hydrogens is 362 g/mol. The van der Waals surface area contributed by atoms with Gasteiger partial charge < -0.3 is 9.47 Å². The van der Waals surface area contributed by atoms with Crippen molar-refractivity contribution in [3.05, 3.63) is 75.8 Å². The Morgan fingerprint density at radius 2 is 1.75 bits per heavy atom. The molecule has 3 aromatic rings. The number of methoxy groups -OCH3 is 2. The molecule has 1 amide bonds. The van der Waals surface area contributed by atoms with Crippen LogP contribution >= 0.6 is 0 Å². The molecule has 0 bridgehead atoms. The van der Waals surface area contributed by atoms with Gasteiger partial charge in [-0.3, -0.25) is 14.9 Å². The van der Waals surface area contributed by atoms with Crippen LogP contribution in [0.1, 0.15) is 15.9 Å². The number of hydrogen-bond acceptors (Lipinski definition) is 6. The predicted octanol–water partition coefficient (Wildman–Crippen LogP) is 3.53. The molecule has 0 aliphatic heterocycles. The molecule has 0 aliphatic carbocycles. The fourth-order valence-corrected chi connectivity index (χ4v) is 2.71. The third-order valence-electron chi connectivity index (χ3n) is 4.11. The third-order valence-corrected chi connectivity index (χ3v) is 4.11. The zero-order valence-corrected chi connectivity index (χ0v) is 15.2. The Hall–Kier alpha value is -3.94. The van der Waals surface area contributed by atoms with Crippen LogP contribution in [0.25, 0.3) is 10.8 Å². The minimum absolute atomic E-state index is 0.0687. The molecule has 3 aromatic carbocycles. The van der Waals surface area contributed by atoms with Crippen LogP contribution in [-0.4, -0.2) is 31.3 Å². The Labute approximate surface area is 160 Å². The first kappa shape index (κ1) is 18.8. The molecule has 28 heavy (non-hydrogen) atoms. The molecule has 0 radical (unpaired) electrons. The Bertz CT molecular complexity index is 1080. The zero-order chi connectivity index (χ0) is 20.1. The van der Waals surface area contributed by atoms with Gasteiger partial charge in [0.25, 0.3) is 5.91 Å². The van der Waals surface area contributed by atoms with Crippen LogP contribution in [-0.2, 0) is 0 Å². The summed E-state index contributed by atoms with van der Waals surface area (Å²) in [5.41, 5.74) is 2.96. The van der Waals surface area contributed by atoms with Crippen LogP contribution < -0.4 is 14.9 Å². The maximum atomic E-state index is 12.3. The number of ether oxygens (including phenoxy) is 2. The van der Waals surface area contributed by atoms with Gasteiger partial charge in [-0.05, 0) is 22.9 Å². The number of nitro benzene ring substituents is 1. The highest BCUT2D eigenvalue weighted by molar-refractivity contribution is 5.99. The van der Waals surface area contributed by atoms with Crippen molar-refractivity contribution in [1.82, 2.24) is 5.43 Å². The number of carbonyl (C=O) groups excluding carboxylic acids is 1. The number of nitro groups is 1. The fourth-order valence-electron chi connectivity index (χ4n) is 2.71. The maximum Gasteiger partial charge on any atom is 0.311 e. The molecule has 0 atom stereocenters. The van der Waals surface area contributed by atoms with Gasteiger partial charge >= 0.3 is 5.69 Å². The molecule has 0 aromatic heterocycles. The van der Waals surface area contributed by atoms with Crippen LogP contribution in [0.3, 0.4) is 0 Å². The summed E-state index contributed by atoms with van der Waals surface area (Å²) in [6.07, 6.45) is 1.28. The second-order valence-electron chi connectivity index (χ2n) is 5.78. The second-order valence-corrected chi connectivity index (χ2v) is 5.78. The number of fused-ring (bicyclic) bond motifs is 1. The van der Waals surface area contributed by atoms with Crippen molar-refractivity contribution in [2.75, 3.05) is 14.2 Å². The van der Waals surface area contributed by atoms with Crippen LogP contribution in [0.15, 0.2) is 59.7 Å². The Morgan fingerprint density at radius 3 is 2.43 bits per heavy atom. The standard InChI is InChI=1S/C20H17N3O5/c1-27-18-11-19(28-2)17(23(25)26)10-16(18)12-21-22-20(24)15-8-7-13-5-3-4-6-14(13)9-15/h3-12H,1-2H3,(H,22,24)/b21-12-. The Morgan fingerprint density at radius 1 is 1.04 bits per heavy atom. The number of nitrogens with one attached hydrogen (secondary N) is 1. The van der Waals surface area contributed by atoms with Crippen molar-refractivity contribution in [3.63, 3.8) is 0 Å². The fraction of sp³-hybridized carbons (Fsp3) is 0.100. The van der Waals surface area contributed by atoms with E-state index >= 15 is 0 Å². The van der Waals surface area contributed by atoms with Crippen LogP contribution in [0.5, 0.6) is 11.5 Å². The molecule has 0 heterocycles. The highest BCUT2D eigenvalue weighted by Gasteiger charge is 2.19. The van der Waals surface area contributed by atoms with Gasteiger partial charge in [0.05, 0.1) is 25.4 Å². The van der Waals surface area contributed by atoms with Gasteiger partial charge in [-0.25, -0.2) is 5.43 Å². The summed E-state index contributed by atoms with van der Waals surface area (Å²) >= 11 is 0. The lowest BCUT2D eigenvalue weighted by molar-refractivity contribution is -0.385. The summed E-state index contributed by atoms with van der Waals surface area (Å²) in [7, 11) is 2.75. The minimum Gasteiger partial charge on any atom is -0.496 e. The predicted molar refractivity (Wildman–Crippen MR) is 105 cm³/mol. The SMILES string of the molecule is COc1cc(OC)c([N+](=O)[O-])cc1/C=N\NC(=O)c1ccc2ccccc2c1. The largest absolute Gasteiger partial charge is 0.496 e. The van der Waals surface area contributed by atoms with Crippen molar-refractivity contribution in [3.8, 4) is 11.5 Å². The zero-order valence-electron chi connectivity index (χ0n) is 15.2. The monoisotopic (exact) mass is 379 g/mol. The maximum absolute atomic E-state index is 12.3. The van der Waals surface area contributed by atoms with Gasteiger partial charge in [-0.1, -0.05) is 30.3 Å². The summed E-state index contributed by atoms with van der Waals surface area (Å²) in [5, 5.41) is 17.0. The summed E-state index contributed by atoms with van der Waals surface area (Å²) in [6, 6.07) is 15.7. The van der Waals surface area contributed by atoms with Gasteiger partial charge in [0.2, 0.25) is 5.75 Å². The first-order valence-corrected chi connectivity index (χ1v) is 8.26. The smallest absolute Gasteiger partial charge is 0.311 e. The highest BCUT2D eigenvalue weighted by atomic mass is 16.6. The molecule has 0 spiro atoms. The molecule has 8 nitrogen and oxygen atoms in total. The van der Waals surface area contributed by atoms with E-state index < -0.39 is 10.8 Å². The third kappa shape index (κ3) is 3.90. The lowest BCUT2D eigenvalue weighted by Crippen LogP contribution is -2.17. The molecule has 0 saturated heterocycles. The van der Waals surface area contributed by atoms with Gasteiger partial charge in [0.15, 0.2) is 0 Å². The molecule has 0 fully saturated rings. The van der Waals surface area contributed by atoms with Gasteiger partial charge in [0.1, 0.15) is 5.75 Å². The summed E-state index contributed by atoms with van der Waals surface area (Å²) in [5.74, 6) is -0.00525. The van der Waals surface area contributed by atoms with E-state index in [4.69, 9.17) is 9.47 Å². The molecule has 0 unspecified atom stereocenters. The lowest BCUT2D eigenvalue weighted by atomic mass is 10.1. The van der Waals surface area contributed by atoms with Gasteiger partial charge in [0, 0.05) is 23.3 Å². The number of benzene rings is 3. The van der Waals surface area contributed by atoms with E-state index in [9.17, 15) is 14.9 Å². The summed E-state index contributed by atoms with van der Waals surface area (Å²) < 4.78 is 10.2. The van der Waals surface area contributed by atoms with Crippen LogP contribution in [0.2, 0.25) is 0 Å². The second kappa shape index (κ2) is 8.17. The quantitative estimate of drug-likeness (QED) is 0.401. The van der Waals surface area contributed by atoms with E-state index in [2.05, 4.69) is 10.5 Å². The van der Waals surface area contributed by atoms with Crippen molar-refractivity contribution in [1.29, 1.82) is 0 Å². The first-order chi connectivity index (χ1) is 13.5. The molecule has 0 aliphatic rings. The molecule has 1 N–H and O–H groups in total. The average Bonchev–Trinajstić information content (AvgIpc) is 2.72. The van der Waals surface area contributed by atoms with Gasteiger partial charge in [-0.15, -0.1) is 0 Å². The molecule has 3 rings (SSSR count). The Kier molecular flexibility index (Phi) is 5.50. The molecular formula is C20H17N3O5.